The second-order valence-electron chi connectivity index (χ2n) is 6.56. The fourth-order valence-corrected chi connectivity index (χ4v) is 2.52. The zero-order valence-electron chi connectivity index (χ0n) is 13.8. The van der Waals surface area contributed by atoms with E-state index in [1.807, 2.05) is 26.0 Å². The lowest BCUT2D eigenvalue weighted by Gasteiger charge is -2.31. The van der Waals surface area contributed by atoms with Crippen LogP contribution in [-0.2, 0) is 17.9 Å². The van der Waals surface area contributed by atoms with Crippen LogP contribution in [0.2, 0.25) is 0 Å². The van der Waals surface area contributed by atoms with Gasteiger partial charge in [-0.1, -0.05) is 74.5 Å². The quantitative estimate of drug-likeness (QED) is 0.759. The fraction of sp³-hybridized carbons (Fsp3) is 0.350. The molecule has 2 aromatic rings. The van der Waals surface area contributed by atoms with E-state index in [4.69, 9.17) is 0 Å². The average molecular weight is 295 g/mol. The van der Waals surface area contributed by atoms with Crippen LogP contribution < -0.4 is 0 Å². The van der Waals surface area contributed by atoms with Crippen LogP contribution >= 0.6 is 0 Å². The molecule has 0 N–H and O–H groups in total. The number of carbonyl (C=O) groups excluding carboxylic acids is 1. The minimum atomic E-state index is -0.330. The highest BCUT2D eigenvalue weighted by Gasteiger charge is 2.26. The van der Waals surface area contributed by atoms with Crippen molar-refractivity contribution in [2.75, 3.05) is 6.54 Å². The summed E-state index contributed by atoms with van der Waals surface area (Å²) in [5, 5.41) is 0. The van der Waals surface area contributed by atoms with Gasteiger partial charge in [0, 0.05) is 25.0 Å². The molecule has 0 unspecified atom stereocenters. The van der Waals surface area contributed by atoms with E-state index in [2.05, 4.69) is 53.4 Å². The number of ketones is 1. The Kier molecular flexibility index (Phi) is 5.51. The van der Waals surface area contributed by atoms with E-state index < -0.39 is 0 Å². The molecule has 0 aromatic heterocycles. The summed E-state index contributed by atoms with van der Waals surface area (Å²) in [6.07, 6.45) is 0. The molecule has 0 heterocycles. The molecule has 2 aromatic carbocycles. The Morgan fingerprint density at radius 2 is 1.27 bits per heavy atom. The number of carbonyl (C=O) groups is 1. The molecule has 0 bridgehead atoms. The molecule has 0 radical (unpaired) electrons. The molecule has 22 heavy (non-hydrogen) atoms. The molecule has 0 aliphatic heterocycles. The first-order valence-corrected chi connectivity index (χ1v) is 7.78. The average Bonchev–Trinajstić information content (AvgIpc) is 2.48. The first-order chi connectivity index (χ1) is 10.5. The molecule has 0 aliphatic rings. The van der Waals surface area contributed by atoms with Gasteiger partial charge in [-0.05, 0) is 18.1 Å². The number of benzene rings is 2. The summed E-state index contributed by atoms with van der Waals surface area (Å²) >= 11 is 0. The maximum atomic E-state index is 11.9. The van der Waals surface area contributed by atoms with Gasteiger partial charge >= 0.3 is 0 Å². The summed E-state index contributed by atoms with van der Waals surface area (Å²) in [4.78, 5) is 14.2. The maximum absolute atomic E-state index is 11.9. The molecular formula is C20H25NO. The second kappa shape index (κ2) is 7.37. The van der Waals surface area contributed by atoms with E-state index in [1.54, 1.807) is 6.92 Å². The molecule has 2 rings (SSSR count). The number of nitrogens with zero attached hydrogens (tertiary/aromatic N) is 1. The summed E-state index contributed by atoms with van der Waals surface area (Å²) < 4.78 is 0. The lowest BCUT2D eigenvalue weighted by molar-refractivity contribution is -0.126. The van der Waals surface area contributed by atoms with Crippen molar-refractivity contribution in [3.63, 3.8) is 0 Å². The number of Topliss-reactive ketones (excluding diaryl/α,β-unsaturated/α-hetero) is 1. The van der Waals surface area contributed by atoms with Crippen molar-refractivity contribution in [2.45, 2.75) is 33.9 Å². The molecule has 0 aliphatic carbocycles. The lowest BCUT2D eigenvalue weighted by Crippen LogP contribution is -2.37. The van der Waals surface area contributed by atoms with Crippen molar-refractivity contribution in [3.05, 3.63) is 71.8 Å². The summed E-state index contributed by atoms with van der Waals surface area (Å²) in [6, 6.07) is 20.9. The van der Waals surface area contributed by atoms with E-state index in [9.17, 15) is 4.79 Å². The van der Waals surface area contributed by atoms with Crippen LogP contribution in [0.15, 0.2) is 60.7 Å². The van der Waals surface area contributed by atoms with E-state index >= 15 is 0 Å². The molecule has 2 nitrogen and oxygen atoms in total. The van der Waals surface area contributed by atoms with E-state index in [0.717, 1.165) is 19.6 Å². The third kappa shape index (κ3) is 4.81. The Hall–Kier alpha value is -1.93. The number of hydrogen-bond acceptors (Lipinski definition) is 2. The van der Waals surface area contributed by atoms with Crippen molar-refractivity contribution in [2.24, 2.45) is 5.41 Å². The van der Waals surface area contributed by atoms with Gasteiger partial charge in [0.1, 0.15) is 5.78 Å². The largest absolute Gasteiger partial charge is 0.299 e. The van der Waals surface area contributed by atoms with Crippen LogP contribution in [0.3, 0.4) is 0 Å². The smallest absolute Gasteiger partial charge is 0.136 e. The van der Waals surface area contributed by atoms with Crippen LogP contribution in [-0.4, -0.2) is 17.2 Å². The minimum absolute atomic E-state index is 0.235. The normalized spacial score (nSPS) is 11.6. The van der Waals surface area contributed by atoms with Gasteiger partial charge < -0.3 is 0 Å². The molecule has 0 saturated heterocycles. The molecule has 2 heteroatoms. The van der Waals surface area contributed by atoms with Gasteiger partial charge in [0.15, 0.2) is 0 Å². The topological polar surface area (TPSA) is 20.3 Å². The summed E-state index contributed by atoms with van der Waals surface area (Å²) in [5.41, 5.74) is 2.22. The first kappa shape index (κ1) is 16.4. The maximum Gasteiger partial charge on any atom is 0.136 e. The van der Waals surface area contributed by atoms with Crippen molar-refractivity contribution >= 4 is 5.78 Å². The van der Waals surface area contributed by atoms with Gasteiger partial charge in [-0.25, -0.2) is 0 Å². The second-order valence-corrected chi connectivity index (χ2v) is 6.56. The molecule has 0 fully saturated rings. The standard InChI is InChI=1S/C20H25NO/c1-17(22)20(2,3)16-21(14-18-10-6-4-7-11-18)15-19-12-8-5-9-13-19/h4-13H,14-16H2,1-3H3. The third-order valence-electron chi connectivity index (χ3n) is 4.07. The summed E-state index contributed by atoms with van der Waals surface area (Å²) in [7, 11) is 0. The zero-order chi connectivity index (χ0) is 16.0. The van der Waals surface area contributed by atoms with Gasteiger partial charge in [0.05, 0.1) is 0 Å². The Morgan fingerprint density at radius 3 is 1.64 bits per heavy atom. The minimum Gasteiger partial charge on any atom is -0.299 e. The van der Waals surface area contributed by atoms with Crippen molar-refractivity contribution in [3.8, 4) is 0 Å². The highest BCUT2D eigenvalue weighted by molar-refractivity contribution is 5.81. The molecule has 0 atom stereocenters. The van der Waals surface area contributed by atoms with Gasteiger partial charge in [-0.15, -0.1) is 0 Å². The van der Waals surface area contributed by atoms with E-state index in [1.165, 1.54) is 11.1 Å². The molecule has 0 saturated carbocycles. The SMILES string of the molecule is CC(=O)C(C)(C)CN(Cc1ccccc1)Cc1ccccc1. The van der Waals surface area contributed by atoms with Crippen LogP contribution in [0.25, 0.3) is 0 Å². The fourth-order valence-electron chi connectivity index (χ4n) is 2.52. The number of rotatable bonds is 7. The van der Waals surface area contributed by atoms with Crippen molar-refractivity contribution in [1.29, 1.82) is 0 Å². The van der Waals surface area contributed by atoms with E-state index in [-0.39, 0.29) is 11.2 Å². The predicted molar refractivity (Wildman–Crippen MR) is 91.5 cm³/mol. The zero-order valence-corrected chi connectivity index (χ0v) is 13.8. The Labute approximate surface area is 133 Å². The highest BCUT2D eigenvalue weighted by atomic mass is 16.1. The highest BCUT2D eigenvalue weighted by Crippen LogP contribution is 2.21. The Bertz CT molecular complexity index is 548. The third-order valence-corrected chi connectivity index (χ3v) is 4.07. The number of hydrogen-bond donors (Lipinski definition) is 0. The lowest BCUT2D eigenvalue weighted by atomic mass is 9.88. The summed E-state index contributed by atoms with van der Waals surface area (Å²) in [5.74, 6) is 0.235. The van der Waals surface area contributed by atoms with Gasteiger partial charge in [-0.3, -0.25) is 9.69 Å². The van der Waals surface area contributed by atoms with Crippen LogP contribution in [0, 0.1) is 5.41 Å². The van der Waals surface area contributed by atoms with Gasteiger partial charge in [0.25, 0.3) is 0 Å². The van der Waals surface area contributed by atoms with Crippen molar-refractivity contribution < 1.29 is 4.79 Å². The Balaban J connectivity index is 2.15. The predicted octanol–water partition coefficient (Wildman–Crippen LogP) is 4.30. The molecular weight excluding hydrogens is 270 g/mol. The van der Waals surface area contributed by atoms with Crippen molar-refractivity contribution in [1.82, 2.24) is 4.90 Å². The Morgan fingerprint density at radius 1 is 0.864 bits per heavy atom. The van der Waals surface area contributed by atoms with Crippen LogP contribution in [0.4, 0.5) is 0 Å². The molecule has 0 amide bonds. The monoisotopic (exact) mass is 295 g/mol. The van der Waals surface area contributed by atoms with Gasteiger partial charge in [0.2, 0.25) is 0 Å². The van der Waals surface area contributed by atoms with E-state index in [0.29, 0.717) is 0 Å². The summed E-state index contributed by atoms with van der Waals surface area (Å²) in [6.45, 7) is 8.20. The molecule has 116 valence electrons. The van der Waals surface area contributed by atoms with Crippen LogP contribution in [0.5, 0.6) is 0 Å². The molecule has 0 spiro atoms. The first-order valence-electron chi connectivity index (χ1n) is 7.78. The van der Waals surface area contributed by atoms with Gasteiger partial charge in [-0.2, -0.15) is 0 Å². The van der Waals surface area contributed by atoms with Crippen LogP contribution in [0.1, 0.15) is 31.9 Å².